The average molecular weight is 436 g/mol. The van der Waals surface area contributed by atoms with E-state index < -0.39 is 0 Å². The summed E-state index contributed by atoms with van der Waals surface area (Å²) in [6.45, 7) is 3.90. The van der Waals surface area contributed by atoms with E-state index in [1.165, 1.54) is 16.7 Å². The van der Waals surface area contributed by atoms with Crippen molar-refractivity contribution in [1.82, 2.24) is 15.1 Å². The number of piperidine rings is 1. The van der Waals surface area contributed by atoms with E-state index in [1.54, 1.807) is 0 Å². The molecule has 0 radical (unpaired) electrons. The normalized spacial score (nSPS) is 19.4. The molecule has 0 bridgehead atoms. The van der Waals surface area contributed by atoms with Crippen molar-refractivity contribution >= 4 is 30.7 Å². The molecule has 1 atom stereocenters. The molecule has 0 saturated carbocycles. The maximum absolute atomic E-state index is 13.0. The van der Waals surface area contributed by atoms with E-state index in [9.17, 15) is 4.79 Å². The summed E-state index contributed by atoms with van der Waals surface area (Å²) >= 11 is 0. The molecule has 0 spiro atoms. The first kappa shape index (κ1) is 23.7. The molecule has 1 unspecified atom stereocenters. The first-order valence-electron chi connectivity index (χ1n) is 10.0. The summed E-state index contributed by atoms with van der Waals surface area (Å²) in [6, 6.07) is 19.3. The van der Waals surface area contributed by atoms with Gasteiger partial charge in [0.2, 0.25) is 5.91 Å². The zero-order valence-electron chi connectivity index (χ0n) is 16.9. The van der Waals surface area contributed by atoms with E-state index in [2.05, 4.69) is 64.8 Å². The predicted molar refractivity (Wildman–Crippen MR) is 123 cm³/mol. The third-order valence-corrected chi connectivity index (χ3v) is 6.08. The van der Waals surface area contributed by atoms with Gasteiger partial charge in [0.1, 0.15) is 0 Å². The lowest BCUT2D eigenvalue weighted by molar-refractivity contribution is -0.135. The Kier molecular flexibility index (Phi) is 8.97. The van der Waals surface area contributed by atoms with Gasteiger partial charge in [0, 0.05) is 39.3 Å². The summed E-state index contributed by atoms with van der Waals surface area (Å²) in [5.74, 6) is 0.242. The van der Waals surface area contributed by atoms with Crippen molar-refractivity contribution in [2.75, 3.05) is 20.1 Å². The van der Waals surface area contributed by atoms with Crippen molar-refractivity contribution in [3.05, 3.63) is 71.3 Å². The lowest BCUT2D eigenvalue weighted by Gasteiger charge is -2.38. The molecule has 2 aliphatic heterocycles. The van der Waals surface area contributed by atoms with E-state index in [0.717, 1.165) is 45.4 Å². The van der Waals surface area contributed by atoms with Gasteiger partial charge < -0.3 is 10.2 Å². The standard InChI is InChI=1S/C23H29N3O.2ClH/c1-25(23(27)22-15-19-9-5-6-10-20(19)16-24-22)21-11-13-26(14-12-21)17-18-7-3-2-4-8-18;;/h2-10,21-22,24H,11-17H2,1H3;2*1H. The van der Waals surface area contributed by atoms with Gasteiger partial charge in [-0.15, -0.1) is 24.8 Å². The molecule has 4 rings (SSSR count). The Labute approximate surface area is 186 Å². The van der Waals surface area contributed by atoms with E-state index in [-0.39, 0.29) is 36.8 Å². The first-order valence-corrected chi connectivity index (χ1v) is 10.0. The van der Waals surface area contributed by atoms with E-state index in [0.29, 0.717) is 6.04 Å². The number of likely N-dealkylation sites (tertiary alicyclic amines) is 1. The van der Waals surface area contributed by atoms with Crippen LogP contribution in [0, 0.1) is 0 Å². The van der Waals surface area contributed by atoms with Crippen LogP contribution in [0.1, 0.15) is 29.5 Å². The number of likely N-dealkylation sites (N-methyl/N-ethyl adjacent to an activating group) is 1. The van der Waals surface area contributed by atoms with Crippen LogP contribution in [0.2, 0.25) is 0 Å². The topological polar surface area (TPSA) is 35.6 Å². The molecule has 2 heterocycles. The van der Waals surface area contributed by atoms with Crippen LogP contribution in [0.4, 0.5) is 0 Å². The number of amides is 1. The fourth-order valence-corrected chi connectivity index (χ4v) is 4.36. The SMILES string of the molecule is CN(C(=O)C1Cc2ccccc2CN1)C1CCN(Cc2ccccc2)CC1.Cl.Cl. The highest BCUT2D eigenvalue weighted by Crippen LogP contribution is 2.21. The molecule has 6 heteroatoms. The molecule has 1 amide bonds. The second-order valence-electron chi connectivity index (χ2n) is 7.85. The number of nitrogens with zero attached hydrogens (tertiary/aromatic N) is 2. The van der Waals surface area contributed by atoms with Crippen molar-refractivity contribution < 1.29 is 4.79 Å². The number of carbonyl (C=O) groups is 1. The Morgan fingerprint density at radius 3 is 2.31 bits per heavy atom. The number of rotatable bonds is 4. The number of halogens is 2. The minimum absolute atomic E-state index is 0. The molecule has 29 heavy (non-hydrogen) atoms. The summed E-state index contributed by atoms with van der Waals surface area (Å²) < 4.78 is 0. The molecule has 2 aromatic carbocycles. The molecular weight excluding hydrogens is 405 g/mol. The Bertz CT molecular complexity index is 779. The Balaban J connectivity index is 0.00000150. The minimum atomic E-state index is -0.0905. The molecular formula is C23H31Cl2N3O. The van der Waals surface area contributed by atoms with Gasteiger partial charge in [0.25, 0.3) is 0 Å². The third kappa shape index (κ3) is 5.73. The van der Waals surface area contributed by atoms with Crippen LogP contribution in [-0.4, -0.2) is 47.9 Å². The summed E-state index contributed by atoms with van der Waals surface area (Å²) in [6.07, 6.45) is 2.91. The van der Waals surface area contributed by atoms with Crippen LogP contribution < -0.4 is 5.32 Å². The second kappa shape index (κ2) is 11.0. The molecule has 1 saturated heterocycles. The Morgan fingerprint density at radius 2 is 1.62 bits per heavy atom. The minimum Gasteiger partial charge on any atom is -0.341 e. The van der Waals surface area contributed by atoms with Gasteiger partial charge in [-0.05, 0) is 36.0 Å². The largest absolute Gasteiger partial charge is 0.341 e. The van der Waals surface area contributed by atoms with Gasteiger partial charge in [0.15, 0.2) is 0 Å². The van der Waals surface area contributed by atoms with Crippen molar-refractivity contribution in [3.8, 4) is 0 Å². The molecule has 1 fully saturated rings. The van der Waals surface area contributed by atoms with Crippen LogP contribution in [0.5, 0.6) is 0 Å². The van der Waals surface area contributed by atoms with Crippen molar-refractivity contribution in [3.63, 3.8) is 0 Å². The lowest BCUT2D eigenvalue weighted by Crippen LogP contribution is -2.53. The quantitative estimate of drug-likeness (QED) is 0.795. The average Bonchev–Trinajstić information content (AvgIpc) is 2.73. The summed E-state index contributed by atoms with van der Waals surface area (Å²) in [5, 5.41) is 3.43. The van der Waals surface area contributed by atoms with Crippen molar-refractivity contribution in [1.29, 1.82) is 0 Å². The highest BCUT2D eigenvalue weighted by Gasteiger charge is 2.31. The number of benzene rings is 2. The number of hydrogen-bond acceptors (Lipinski definition) is 3. The van der Waals surface area contributed by atoms with Gasteiger partial charge in [0.05, 0.1) is 6.04 Å². The van der Waals surface area contributed by atoms with Gasteiger partial charge in [-0.2, -0.15) is 0 Å². The van der Waals surface area contributed by atoms with Gasteiger partial charge in [-0.3, -0.25) is 9.69 Å². The smallest absolute Gasteiger partial charge is 0.240 e. The zero-order valence-corrected chi connectivity index (χ0v) is 18.6. The number of hydrogen-bond donors (Lipinski definition) is 1. The van der Waals surface area contributed by atoms with Gasteiger partial charge in [-0.1, -0.05) is 54.6 Å². The number of carbonyl (C=O) groups excluding carboxylic acids is 1. The van der Waals surface area contributed by atoms with Crippen LogP contribution in [0.15, 0.2) is 54.6 Å². The summed E-state index contributed by atoms with van der Waals surface area (Å²) in [5.41, 5.74) is 3.99. The monoisotopic (exact) mass is 435 g/mol. The second-order valence-corrected chi connectivity index (χ2v) is 7.85. The predicted octanol–water partition coefficient (Wildman–Crippen LogP) is 3.67. The van der Waals surface area contributed by atoms with Crippen LogP contribution in [-0.2, 0) is 24.3 Å². The van der Waals surface area contributed by atoms with E-state index in [1.807, 2.05) is 11.9 Å². The highest BCUT2D eigenvalue weighted by molar-refractivity contribution is 5.85. The molecule has 158 valence electrons. The maximum atomic E-state index is 13.0. The molecule has 4 nitrogen and oxygen atoms in total. The summed E-state index contributed by atoms with van der Waals surface area (Å²) in [7, 11) is 1.99. The fraction of sp³-hybridized carbons (Fsp3) is 0.435. The zero-order chi connectivity index (χ0) is 18.6. The van der Waals surface area contributed by atoms with Crippen LogP contribution >= 0.6 is 24.8 Å². The van der Waals surface area contributed by atoms with E-state index >= 15 is 0 Å². The molecule has 0 aliphatic carbocycles. The molecule has 2 aromatic rings. The highest BCUT2D eigenvalue weighted by atomic mass is 35.5. The number of nitrogens with one attached hydrogen (secondary N) is 1. The number of fused-ring (bicyclic) bond motifs is 1. The third-order valence-electron chi connectivity index (χ3n) is 6.08. The van der Waals surface area contributed by atoms with Crippen LogP contribution in [0.25, 0.3) is 0 Å². The summed E-state index contributed by atoms with van der Waals surface area (Å²) in [4.78, 5) is 17.5. The lowest BCUT2D eigenvalue weighted by atomic mass is 9.94. The van der Waals surface area contributed by atoms with Crippen LogP contribution in [0.3, 0.4) is 0 Å². The molecule has 0 aromatic heterocycles. The fourth-order valence-electron chi connectivity index (χ4n) is 4.36. The van der Waals surface area contributed by atoms with Gasteiger partial charge in [-0.25, -0.2) is 0 Å². The molecule has 2 aliphatic rings. The van der Waals surface area contributed by atoms with E-state index in [4.69, 9.17) is 0 Å². The Hall–Kier alpha value is -1.59. The van der Waals surface area contributed by atoms with Crippen molar-refractivity contribution in [2.24, 2.45) is 0 Å². The maximum Gasteiger partial charge on any atom is 0.240 e. The van der Waals surface area contributed by atoms with Crippen molar-refractivity contribution in [2.45, 2.75) is 44.4 Å². The van der Waals surface area contributed by atoms with Gasteiger partial charge >= 0.3 is 0 Å². The Morgan fingerprint density at radius 1 is 1.00 bits per heavy atom. The molecule has 1 N–H and O–H groups in total. The first-order chi connectivity index (χ1) is 13.2.